The number of halogens is 1. The van der Waals surface area contributed by atoms with Crippen LogP contribution in [0, 0.1) is 0 Å². The molecule has 0 atom stereocenters. The Morgan fingerprint density at radius 3 is 2.85 bits per heavy atom. The van der Waals surface area contributed by atoms with Crippen LogP contribution >= 0.6 is 39.0 Å². The van der Waals surface area contributed by atoms with Gasteiger partial charge in [-0.1, -0.05) is 23.5 Å². The quantitative estimate of drug-likeness (QED) is 0.385. The lowest BCUT2D eigenvalue weighted by Gasteiger charge is -1.95. The summed E-state index contributed by atoms with van der Waals surface area (Å²) in [4.78, 5) is 26.4. The van der Waals surface area contributed by atoms with E-state index in [0.717, 1.165) is 15.5 Å². The minimum absolute atomic E-state index is 0.100. The van der Waals surface area contributed by atoms with Gasteiger partial charge in [-0.15, -0.1) is 0 Å². The minimum atomic E-state index is -0.100. The van der Waals surface area contributed by atoms with Crippen LogP contribution in [0.5, 0.6) is 0 Å². The average Bonchev–Trinajstić information content (AvgIpc) is 3.30. The van der Waals surface area contributed by atoms with Crippen LogP contribution in [0.2, 0.25) is 0 Å². The van der Waals surface area contributed by atoms with Gasteiger partial charge in [0.15, 0.2) is 15.2 Å². The van der Waals surface area contributed by atoms with Gasteiger partial charge in [-0.25, -0.2) is 19.4 Å². The molecule has 4 heterocycles. The monoisotopic (exact) mass is 456 g/mol. The summed E-state index contributed by atoms with van der Waals surface area (Å²) in [5, 5.41) is 1.22. The predicted octanol–water partition coefficient (Wildman–Crippen LogP) is 3.75. The lowest BCUT2D eigenvalue weighted by atomic mass is 10.3. The molecule has 0 aliphatic carbocycles. The van der Waals surface area contributed by atoms with Crippen molar-refractivity contribution in [2.24, 2.45) is 0 Å². The molecule has 27 heavy (non-hydrogen) atoms. The van der Waals surface area contributed by atoms with Crippen LogP contribution in [0.4, 0.5) is 0 Å². The van der Waals surface area contributed by atoms with Crippen LogP contribution in [0.15, 0.2) is 72.7 Å². The summed E-state index contributed by atoms with van der Waals surface area (Å²) in [6.45, 7) is 0. The van der Waals surface area contributed by atoms with Crippen molar-refractivity contribution in [2.75, 3.05) is 0 Å². The second-order valence-electron chi connectivity index (χ2n) is 5.55. The van der Waals surface area contributed by atoms with E-state index < -0.39 is 0 Å². The minimum Gasteiger partial charge on any atom is -0.449 e. The van der Waals surface area contributed by atoms with Crippen molar-refractivity contribution < 1.29 is 4.42 Å². The third-order valence-electron chi connectivity index (χ3n) is 3.82. The SMILES string of the molecule is O=c1/c(=C\c2cc(Br)c(Sc3ncccn3)o2)sc2nc3ccccc3n12. The smallest absolute Gasteiger partial charge is 0.275 e. The second-order valence-corrected chi connectivity index (χ2v) is 8.36. The molecular weight excluding hydrogens is 448 g/mol. The van der Waals surface area contributed by atoms with Crippen molar-refractivity contribution in [1.29, 1.82) is 0 Å². The van der Waals surface area contributed by atoms with Gasteiger partial charge in [0.25, 0.3) is 5.56 Å². The van der Waals surface area contributed by atoms with Gasteiger partial charge >= 0.3 is 0 Å². The number of para-hydroxylation sites is 2. The highest BCUT2D eigenvalue weighted by Gasteiger charge is 2.13. The fourth-order valence-electron chi connectivity index (χ4n) is 2.67. The van der Waals surface area contributed by atoms with Crippen molar-refractivity contribution >= 4 is 61.1 Å². The Morgan fingerprint density at radius 1 is 1.19 bits per heavy atom. The van der Waals surface area contributed by atoms with E-state index >= 15 is 0 Å². The molecule has 0 saturated carbocycles. The number of thiazole rings is 1. The molecule has 0 amide bonds. The van der Waals surface area contributed by atoms with Gasteiger partial charge in [0, 0.05) is 18.5 Å². The summed E-state index contributed by atoms with van der Waals surface area (Å²) in [5.74, 6) is 0.575. The standard InChI is InChI=1S/C18H9BrN4O2S2/c19-11-8-10(25-16(11)27-17-20-6-3-7-21-17)9-14-15(24)23-13-5-2-1-4-12(13)22-18(23)26-14/h1-9H/b14-9+. The Kier molecular flexibility index (Phi) is 4.07. The Bertz CT molecular complexity index is 1390. The molecule has 132 valence electrons. The molecule has 0 bridgehead atoms. The van der Waals surface area contributed by atoms with E-state index in [4.69, 9.17) is 4.42 Å². The number of imidazole rings is 1. The van der Waals surface area contributed by atoms with E-state index in [-0.39, 0.29) is 5.56 Å². The van der Waals surface area contributed by atoms with Crippen molar-refractivity contribution in [3.8, 4) is 0 Å². The topological polar surface area (TPSA) is 73.3 Å². The van der Waals surface area contributed by atoms with Gasteiger partial charge in [-0.05, 0) is 52.0 Å². The lowest BCUT2D eigenvalue weighted by molar-refractivity contribution is 0.462. The normalized spacial score (nSPS) is 12.4. The number of rotatable bonds is 3. The van der Waals surface area contributed by atoms with Gasteiger partial charge < -0.3 is 4.42 Å². The van der Waals surface area contributed by atoms with E-state index in [1.807, 2.05) is 30.3 Å². The number of aromatic nitrogens is 4. The number of furan rings is 1. The third-order valence-corrected chi connectivity index (χ3v) is 6.52. The Balaban J connectivity index is 1.58. The molecule has 0 aliphatic heterocycles. The molecule has 6 nitrogen and oxygen atoms in total. The van der Waals surface area contributed by atoms with Crippen LogP contribution < -0.4 is 10.1 Å². The number of fused-ring (bicyclic) bond motifs is 3. The molecule has 0 aliphatic rings. The molecule has 4 aromatic heterocycles. The summed E-state index contributed by atoms with van der Waals surface area (Å²) in [6.07, 6.45) is 5.08. The fraction of sp³-hybridized carbons (Fsp3) is 0. The molecule has 0 spiro atoms. The maximum Gasteiger partial charge on any atom is 0.275 e. The number of nitrogens with zero attached hydrogens (tertiary/aromatic N) is 4. The molecule has 0 fully saturated rings. The van der Waals surface area contributed by atoms with Gasteiger partial charge in [-0.2, -0.15) is 0 Å². The summed E-state index contributed by atoms with van der Waals surface area (Å²) < 4.78 is 8.84. The van der Waals surface area contributed by atoms with E-state index in [2.05, 4.69) is 30.9 Å². The molecular formula is C18H9BrN4O2S2. The zero-order valence-electron chi connectivity index (χ0n) is 13.5. The van der Waals surface area contributed by atoms with Crippen molar-refractivity contribution in [2.45, 2.75) is 10.2 Å². The first-order valence-corrected chi connectivity index (χ1v) is 10.3. The van der Waals surface area contributed by atoms with E-state index in [9.17, 15) is 4.79 Å². The molecule has 5 rings (SSSR count). The first-order chi connectivity index (χ1) is 13.2. The zero-order valence-corrected chi connectivity index (χ0v) is 16.7. The summed E-state index contributed by atoms with van der Waals surface area (Å²) >= 11 is 6.13. The number of benzene rings is 1. The summed E-state index contributed by atoms with van der Waals surface area (Å²) in [5.41, 5.74) is 1.53. The van der Waals surface area contributed by atoms with Gasteiger partial charge in [0.1, 0.15) is 10.3 Å². The zero-order chi connectivity index (χ0) is 18.4. The molecule has 9 heteroatoms. The van der Waals surface area contributed by atoms with Crippen LogP contribution in [-0.2, 0) is 0 Å². The molecule has 5 aromatic rings. The third kappa shape index (κ3) is 2.97. The Hall–Kier alpha value is -2.49. The van der Waals surface area contributed by atoms with Gasteiger partial charge in [-0.3, -0.25) is 4.79 Å². The van der Waals surface area contributed by atoms with Gasteiger partial charge in [0.2, 0.25) is 0 Å². The van der Waals surface area contributed by atoms with Crippen LogP contribution in [0.1, 0.15) is 5.76 Å². The average molecular weight is 457 g/mol. The van der Waals surface area contributed by atoms with Crippen molar-refractivity contribution in [3.63, 3.8) is 0 Å². The lowest BCUT2D eigenvalue weighted by Crippen LogP contribution is -2.22. The molecule has 0 saturated heterocycles. The van der Waals surface area contributed by atoms with Crippen LogP contribution in [0.25, 0.3) is 22.1 Å². The summed E-state index contributed by atoms with van der Waals surface area (Å²) in [6, 6.07) is 11.2. The first-order valence-electron chi connectivity index (χ1n) is 7.85. The Labute approximate surface area is 168 Å². The highest BCUT2D eigenvalue weighted by atomic mass is 79.9. The number of hydrogen-bond donors (Lipinski definition) is 0. The van der Waals surface area contributed by atoms with Crippen LogP contribution in [0.3, 0.4) is 0 Å². The predicted molar refractivity (Wildman–Crippen MR) is 108 cm³/mol. The van der Waals surface area contributed by atoms with E-state index in [1.54, 1.807) is 28.9 Å². The second kappa shape index (κ2) is 6.59. The number of hydrogen-bond acceptors (Lipinski definition) is 7. The first kappa shape index (κ1) is 16.7. The fourth-order valence-corrected chi connectivity index (χ4v) is 4.88. The molecule has 0 radical (unpaired) electrons. The van der Waals surface area contributed by atoms with E-state index in [0.29, 0.717) is 25.5 Å². The van der Waals surface area contributed by atoms with E-state index in [1.165, 1.54) is 23.1 Å². The summed E-state index contributed by atoms with van der Waals surface area (Å²) in [7, 11) is 0. The maximum absolute atomic E-state index is 12.8. The highest BCUT2D eigenvalue weighted by molar-refractivity contribution is 9.10. The molecule has 0 unspecified atom stereocenters. The largest absolute Gasteiger partial charge is 0.449 e. The molecule has 1 aromatic carbocycles. The Morgan fingerprint density at radius 2 is 2.00 bits per heavy atom. The maximum atomic E-state index is 12.8. The molecule has 0 N–H and O–H groups in total. The van der Waals surface area contributed by atoms with Gasteiger partial charge in [0.05, 0.1) is 15.5 Å². The van der Waals surface area contributed by atoms with Crippen LogP contribution in [-0.4, -0.2) is 19.4 Å². The highest BCUT2D eigenvalue weighted by Crippen LogP contribution is 2.34. The van der Waals surface area contributed by atoms with Crippen molar-refractivity contribution in [3.05, 3.63) is 73.9 Å². The van der Waals surface area contributed by atoms with Crippen molar-refractivity contribution in [1.82, 2.24) is 19.4 Å².